The first-order valence-electron chi connectivity index (χ1n) is 5.64. The number of aryl methyl sites for hydroxylation is 2. The molecule has 2 aromatic rings. The van der Waals surface area contributed by atoms with Gasteiger partial charge in [-0.2, -0.15) is 0 Å². The molecule has 2 rings (SSSR count). The van der Waals surface area contributed by atoms with Crippen LogP contribution < -0.4 is 0 Å². The van der Waals surface area contributed by atoms with E-state index in [9.17, 15) is 9.90 Å². The van der Waals surface area contributed by atoms with Gasteiger partial charge in [0.05, 0.1) is 12.6 Å². The molecule has 0 bridgehead atoms. The number of aromatic nitrogens is 1. The quantitative estimate of drug-likeness (QED) is 0.785. The van der Waals surface area contributed by atoms with Crippen LogP contribution in [-0.2, 0) is 4.74 Å². The van der Waals surface area contributed by atoms with Crippen molar-refractivity contribution >= 4 is 16.9 Å². The Morgan fingerprint density at radius 3 is 2.50 bits per heavy atom. The summed E-state index contributed by atoms with van der Waals surface area (Å²) >= 11 is 0. The lowest BCUT2D eigenvalue weighted by atomic mass is 9.99. The van der Waals surface area contributed by atoms with Crippen LogP contribution in [0.25, 0.3) is 10.9 Å². The van der Waals surface area contributed by atoms with Crippen molar-refractivity contribution in [1.29, 1.82) is 0 Å². The maximum Gasteiger partial charge on any atom is 0.356 e. The largest absolute Gasteiger partial charge is 0.507 e. The number of benzene rings is 1. The molecule has 0 aliphatic rings. The van der Waals surface area contributed by atoms with Gasteiger partial charge in [0.2, 0.25) is 0 Å². The third-order valence-electron chi connectivity index (χ3n) is 3.30. The normalized spacial score (nSPS) is 10.7. The summed E-state index contributed by atoms with van der Waals surface area (Å²) < 4.78 is 4.62. The molecule has 94 valence electrons. The molecule has 0 saturated heterocycles. The molecule has 1 heterocycles. The van der Waals surface area contributed by atoms with Crippen molar-refractivity contribution in [1.82, 2.24) is 4.98 Å². The molecule has 0 saturated carbocycles. The van der Waals surface area contributed by atoms with Gasteiger partial charge in [-0.05, 0) is 43.5 Å². The summed E-state index contributed by atoms with van der Waals surface area (Å²) in [5, 5.41) is 10.6. The van der Waals surface area contributed by atoms with Crippen molar-refractivity contribution in [3.05, 3.63) is 34.5 Å². The maximum absolute atomic E-state index is 11.5. The van der Waals surface area contributed by atoms with Crippen LogP contribution in [0, 0.1) is 20.8 Å². The Kier molecular flexibility index (Phi) is 2.95. The second-order valence-corrected chi connectivity index (χ2v) is 4.36. The summed E-state index contributed by atoms with van der Waals surface area (Å²) in [4.78, 5) is 15.8. The van der Waals surface area contributed by atoms with Gasteiger partial charge in [0.1, 0.15) is 5.75 Å². The monoisotopic (exact) mass is 245 g/mol. The Morgan fingerprint density at radius 2 is 1.89 bits per heavy atom. The number of aromatic hydroxyl groups is 1. The van der Waals surface area contributed by atoms with Crippen molar-refractivity contribution in [3.8, 4) is 5.75 Å². The average molecular weight is 245 g/mol. The fourth-order valence-corrected chi connectivity index (χ4v) is 1.98. The molecule has 0 atom stereocenters. The Bertz CT molecular complexity index is 647. The van der Waals surface area contributed by atoms with Crippen molar-refractivity contribution in [2.24, 2.45) is 0 Å². The Balaban J connectivity index is 2.83. The first-order valence-corrected chi connectivity index (χ1v) is 5.64. The minimum Gasteiger partial charge on any atom is -0.507 e. The highest BCUT2D eigenvalue weighted by atomic mass is 16.5. The predicted octanol–water partition coefficient (Wildman–Crippen LogP) is 2.65. The summed E-state index contributed by atoms with van der Waals surface area (Å²) in [6.07, 6.45) is 0. The number of carbonyl (C=O) groups excluding carboxylic acids is 1. The molecule has 0 amide bonds. The molecule has 4 heteroatoms. The number of hydrogen-bond donors (Lipinski definition) is 1. The van der Waals surface area contributed by atoms with Crippen LogP contribution in [0.4, 0.5) is 0 Å². The van der Waals surface area contributed by atoms with Gasteiger partial charge in [-0.3, -0.25) is 0 Å². The third-order valence-corrected chi connectivity index (χ3v) is 3.30. The highest BCUT2D eigenvalue weighted by Gasteiger charge is 2.14. The molecule has 1 aromatic heterocycles. The Morgan fingerprint density at radius 1 is 1.22 bits per heavy atom. The number of carbonyl (C=O) groups is 1. The number of fused-ring (bicyclic) bond motifs is 1. The Hall–Kier alpha value is -2.10. The number of nitrogens with zero attached hydrogens (tertiary/aromatic N) is 1. The predicted molar refractivity (Wildman–Crippen MR) is 69.0 cm³/mol. The van der Waals surface area contributed by atoms with E-state index in [0.29, 0.717) is 10.9 Å². The van der Waals surface area contributed by atoms with E-state index in [1.54, 1.807) is 0 Å². The second kappa shape index (κ2) is 4.29. The van der Waals surface area contributed by atoms with Gasteiger partial charge in [0.25, 0.3) is 0 Å². The molecule has 1 N–H and O–H groups in total. The van der Waals surface area contributed by atoms with Crippen LogP contribution in [0.2, 0.25) is 0 Å². The van der Waals surface area contributed by atoms with Gasteiger partial charge in [-0.15, -0.1) is 0 Å². The van der Waals surface area contributed by atoms with E-state index in [1.807, 2.05) is 26.8 Å². The van der Waals surface area contributed by atoms with Gasteiger partial charge in [0.15, 0.2) is 5.69 Å². The summed E-state index contributed by atoms with van der Waals surface area (Å²) in [5.74, 6) is -0.503. The first-order chi connectivity index (χ1) is 8.45. The number of pyridine rings is 1. The van der Waals surface area contributed by atoms with Gasteiger partial charge < -0.3 is 9.84 Å². The SMILES string of the molecule is COC(=O)c1cc(O)c2cc(C)c(C)c(C)c2n1. The van der Waals surface area contributed by atoms with E-state index < -0.39 is 5.97 Å². The molecule has 0 radical (unpaired) electrons. The zero-order valence-corrected chi connectivity index (χ0v) is 10.9. The topological polar surface area (TPSA) is 59.4 Å². The molecule has 0 aliphatic heterocycles. The number of rotatable bonds is 1. The fraction of sp³-hybridized carbons (Fsp3) is 0.286. The van der Waals surface area contributed by atoms with Crippen molar-refractivity contribution < 1.29 is 14.6 Å². The van der Waals surface area contributed by atoms with Gasteiger partial charge in [0, 0.05) is 11.5 Å². The lowest BCUT2D eigenvalue weighted by molar-refractivity contribution is 0.0594. The number of methoxy groups -OCH3 is 1. The van der Waals surface area contributed by atoms with E-state index in [1.165, 1.54) is 13.2 Å². The number of ether oxygens (including phenoxy) is 1. The molecule has 0 fully saturated rings. The van der Waals surface area contributed by atoms with Crippen LogP contribution in [0.1, 0.15) is 27.2 Å². The summed E-state index contributed by atoms with van der Waals surface area (Å²) in [6.45, 7) is 5.90. The number of esters is 1. The van der Waals surface area contributed by atoms with Gasteiger partial charge >= 0.3 is 5.97 Å². The van der Waals surface area contributed by atoms with E-state index in [0.717, 1.165) is 16.7 Å². The molecule has 0 aliphatic carbocycles. The molecule has 0 unspecified atom stereocenters. The maximum atomic E-state index is 11.5. The second-order valence-electron chi connectivity index (χ2n) is 4.36. The first kappa shape index (κ1) is 12.4. The van der Waals surface area contributed by atoms with E-state index in [2.05, 4.69) is 9.72 Å². The van der Waals surface area contributed by atoms with Crippen molar-refractivity contribution in [2.45, 2.75) is 20.8 Å². The van der Waals surface area contributed by atoms with E-state index >= 15 is 0 Å². The van der Waals surface area contributed by atoms with E-state index in [4.69, 9.17) is 0 Å². The van der Waals surface area contributed by atoms with Crippen molar-refractivity contribution in [3.63, 3.8) is 0 Å². The molecule has 18 heavy (non-hydrogen) atoms. The summed E-state index contributed by atoms with van der Waals surface area (Å²) in [6, 6.07) is 3.21. The minimum absolute atomic E-state index is 0.0478. The number of hydrogen-bond acceptors (Lipinski definition) is 4. The van der Waals surface area contributed by atoms with Crippen molar-refractivity contribution in [2.75, 3.05) is 7.11 Å². The average Bonchev–Trinajstić information content (AvgIpc) is 2.36. The molecular formula is C14H15NO3. The standard InChI is InChI=1S/C14H15NO3/c1-7-5-10-12(16)6-11(14(17)18-4)15-13(10)9(3)8(7)2/h5-6H,1-4H3,(H,15,16). The Labute approximate surface area is 105 Å². The molecular weight excluding hydrogens is 230 g/mol. The molecule has 0 spiro atoms. The highest BCUT2D eigenvalue weighted by Crippen LogP contribution is 2.30. The molecule has 1 aromatic carbocycles. The summed E-state index contributed by atoms with van der Waals surface area (Å²) in [5.41, 5.74) is 3.91. The van der Waals surface area contributed by atoms with Crippen LogP contribution in [0.3, 0.4) is 0 Å². The van der Waals surface area contributed by atoms with Gasteiger partial charge in [-0.25, -0.2) is 9.78 Å². The summed E-state index contributed by atoms with van der Waals surface area (Å²) in [7, 11) is 1.29. The zero-order valence-electron chi connectivity index (χ0n) is 10.9. The molecule has 4 nitrogen and oxygen atoms in total. The third kappa shape index (κ3) is 1.79. The smallest absolute Gasteiger partial charge is 0.356 e. The lowest BCUT2D eigenvalue weighted by Crippen LogP contribution is -2.05. The van der Waals surface area contributed by atoms with E-state index in [-0.39, 0.29) is 11.4 Å². The van der Waals surface area contributed by atoms with Crippen LogP contribution in [-0.4, -0.2) is 23.2 Å². The highest BCUT2D eigenvalue weighted by molar-refractivity contribution is 5.95. The minimum atomic E-state index is -0.551. The van der Waals surface area contributed by atoms with Crippen LogP contribution in [0.15, 0.2) is 12.1 Å². The van der Waals surface area contributed by atoms with Crippen LogP contribution in [0.5, 0.6) is 5.75 Å². The van der Waals surface area contributed by atoms with Crippen LogP contribution >= 0.6 is 0 Å². The fourth-order valence-electron chi connectivity index (χ4n) is 1.98. The van der Waals surface area contributed by atoms with Gasteiger partial charge in [-0.1, -0.05) is 0 Å². The lowest BCUT2D eigenvalue weighted by Gasteiger charge is -2.11. The zero-order chi connectivity index (χ0) is 13.4.